The van der Waals surface area contributed by atoms with Crippen molar-refractivity contribution in [1.82, 2.24) is 0 Å². The van der Waals surface area contributed by atoms with Gasteiger partial charge in [-0.2, -0.15) is 0 Å². The van der Waals surface area contributed by atoms with Gasteiger partial charge in [-0.15, -0.1) is 0 Å². The molecule has 0 aromatic heterocycles. The Morgan fingerprint density at radius 2 is 0.786 bits per heavy atom. The van der Waals surface area contributed by atoms with Crippen LogP contribution in [0.25, 0.3) is 0 Å². The van der Waals surface area contributed by atoms with E-state index in [4.69, 9.17) is 14.2 Å². The van der Waals surface area contributed by atoms with Crippen molar-refractivity contribution in [2.24, 2.45) is 0 Å². The van der Waals surface area contributed by atoms with Gasteiger partial charge in [-0.05, 0) is 89.9 Å². The van der Waals surface area contributed by atoms with Gasteiger partial charge in [0.05, 0.1) is 0 Å². The third-order valence-electron chi connectivity index (χ3n) is 9.20. The predicted octanol–water partition coefficient (Wildman–Crippen LogP) is 14.5. The number of ether oxygens (including phenoxy) is 3. The lowest BCUT2D eigenvalue weighted by atomic mass is 10.1. The highest BCUT2D eigenvalue weighted by atomic mass is 16.6. The van der Waals surface area contributed by atoms with E-state index in [9.17, 15) is 14.4 Å². The molecule has 0 saturated carbocycles. The molecule has 0 heterocycles. The Morgan fingerprint density at radius 1 is 0.393 bits per heavy atom. The van der Waals surface area contributed by atoms with Gasteiger partial charge in [-0.25, -0.2) is 0 Å². The summed E-state index contributed by atoms with van der Waals surface area (Å²) >= 11 is 0. The van der Waals surface area contributed by atoms with Crippen molar-refractivity contribution in [2.45, 2.75) is 200 Å². The van der Waals surface area contributed by atoms with Gasteiger partial charge in [0.25, 0.3) is 0 Å². The van der Waals surface area contributed by atoms with Crippen molar-refractivity contribution in [3.8, 4) is 0 Å². The number of carbonyl (C=O) groups excluding carboxylic acids is 3. The fourth-order valence-corrected chi connectivity index (χ4v) is 5.82. The Hall–Kier alpha value is -3.41. The molecular weight excluding hydrogens is 697 g/mol. The summed E-state index contributed by atoms with van der Waals surface area (Å²) in [5.74, 6) is -1.00. The molecule has 0 saturated heterocycles. The van der Waals surface area contributed by atoms with Gasteiger partial charge in [0.15, 0.2) is 6.10 Å². The lowest BCUT2D eigenvalue weighted by molar-refractivity contribution is -0.167. The van der Waals surface area contributed by atoms with Crippen LogP contribution in [0.1, 0.15) is 194 Å². The first-order chi connectivity index (χ1) is 27.5. The minimum atomic E-state index is -0.809. The van der Waals surface area contributed by atoms with Gasteiger partial charge < -0.3 is 14.2 Å². The molecule has 6 heteroatoms. The van der Waals surface area contributed by atoms with Crippen LogP contribution >= 0.6 is 0 Å². The summed E-state index contributed by atoms with van der Waals surface area (Å²) in [4.78, 5) is 37.7. The topological polar surface area (TPSA) is 78.9 Å². The van der Waals surface area contributed by atoms with Gasteiger partial charge in [0, 0.05) is 19.3 Å². The third kappa shape index (κ3) is 41.7. The summed E-state index contributed by atoms with van der Waals surface area (Å²) in [5.41, 5.74) is 0. The fraction of sp³-hybridized carbons (Fsp3) is 0.660. The number of hydrogen-bond donors (Lipinski definition) is 0. The van der Waals surface area contributed by atoms with Crippen LogP contribution in [0.4, 0.5) is 0 Å². The maximum absolute atomic E-state index is 12.7. The zero-order chi connectivity index (χ0) is 40.8. The van der Waals surface area contributed by atoms with Crippen LogP contribution in [0.5, 0.6) is 0 Å². The molecule has 6 nitrogen and oxygen atoms in total. The highest BCUT2D eigenvalue weighted by Crippen LogP contribution is 2.12. The number of unbranched alkanes of at least 4 members (excludes halogenated alkanes) is 17. The van der Waals surface area contributed by atoms with Crippen molar-refractivity contribution in [3.63, 3.8) is 0 Å². The summed E-state index contributed by atoms with van der Waals surface area (Å²) in [5, 5.41) is 0. The van der Waals surface area contributed by atoms with Gasteiger partial charge >= 0.3 is 17.9 Å². The number of esters is 3. The van der Waals surface area contributed by atoms with E-state index in [1.807, 2.05) is 6.08 Å². The van der Waals surface area contributed by atoms with E-state index in [1.54, 1.807) is 0 Å². The van der Waals surface area contributed by atoms with Crippen LogP contribution in [0.3, 0.4) is 0 Å². The highest BCUT2D eigenvalue weighted by molar-refractivity contribution is 5.71. The summed E-state index contributed by atoms with van der Waals surface area (Å²) < 4.78 is 16.6. The quantitative estimate of drug-likeness (QED) is 0.0203. The van der Waals surface area contributed by atoms with Crippen molar-refractivity contribution in [3.05, 3.63) is 85.1 Å². The van der Waals surface area contributed by atoms with Crippen LogP contribution < -0.4 is 0 Å². The molecule has 0 aliphatic heterocycles. The monoisotopic (exact) mass is 779 g/mol. The van der Waals surface area contributed by atoms with E-state index in [0.29, 0.717) is 19.3 Å². The molecule has 1 atom stereocenters. The van der Waals surface area contributed by atoms with E-state index in [2.05, 4.69) is 99.8 Å². The second-order valence-corrected chi connectivity index (χ2v) is 14.6. The standard InChI is InChI=1S/C50H82O6/c1-4-7-10-13-16-19-21-23-24-25-27-28-31-34-37-40-43-49(52)55-46-47(45-54-48(51)42-39-36-33-30-18-15-12-9-6-3)56-50(53)44-41-38-35-32-29-26-22-20-17-14-11-8-5-2/h8-9,11-12,14,17-18,20,22,24-25,27-28,30,47H,4-7,10,13,15-16,19,21,23,26,29,31-46H2,1-3H3/b11-8-,12-9-,17-14-,22-20-,25-24-,28-27-,30-18-. The second kappa shape index (κ2) is 44.3. The van der Waals surface area contributed by atoms with E-state index < -0.39 is 6.10 Å². The van der Waals surface area contributed by atoms with E-state index in [0.717, 1.165) is 109 Å². The smallest absolute Gasteiger partial charge is 0.306 e. The van der Waals surface area contributed by atoms with Crippen molar-refractivity contribution >= 4 is 17.9 Å². The molecule has 0 aromatic rings. The Kier molecular flexibility index (Phi) is 41.6. The molecule has 0 rings (SSSR count). The van der Waals surface area contributed by atoms with Crippen molar-refractivity contribution < 1.29 is 28.6 Å². The first-order valence-electron chi connectivity index (χ1n) is 22.6. The lowest BCUT2D eigenvalue weighted by Crippen LogP contribution is -2.30. The first kappa shape index (κ1) is 52.6. The molecule has 0 fully saturated rings. The number of rotatable bonds is 39. The maximum Gasteiger partial charge on any atom is 0.306 e. The van der Waals surface area contributed by atoms with Crippen molar-refractivity contribution in [1.29, 1.82) is 0 Å². The third-order valence-corrected chi connectivity index (χ3v) is 9.20. The van der Waals surface area contributed by atoms with Crippen LogP contribution in [0, 0.1) is 0 Å². The van der Waals surface area contributed by atoms with Gasteiger partial charge in [0.2, 0.25) is 0 Å². The fourth-order valence-electron chi connectivity index (χ4n) is 5.82. The Bertz CT molecular complexity index is 1120. The molecular formula is C50H82O6. The van der Waals surface area contributed by atoms with Crippen LogP contribution in [-0.4, -0.2) is 37.2 Å². The summed E-state index contributed by atoms with van der Waals surface area (Å²) in [7, 11) is 0. The molecule has 0 spiro atoms. The van der Waals surface area contributed by atoms with Crippen LogP contribution in [-0.2, 0) is 28.6 Å². The second-order valence-electron chi connectivity index (χ2n) is 14.6. The molecule has 0 amide bonds. The Balaban J connectivity index is 4.46. The molecule has 0 aromatic carbocycles. The minimum absolute atomic E-state index is 0.110. The molecule has 1 unspecified atom stereocenters. The SMILES string of the molecule is CC\C=C/C=C\C=C/CCCCCCCC(=O)OC(COC(=O)CCCC/C=C\C/C=C\CC)COC(=O)CCCCC/C=C\C=C/CCCCCCCCC. The van der Waals surface area contributed by atoms with Crippen LogP contribution in [0.2, 0.25) is 0 Å². The van der Waals surface area contributed by atoms with E-state index in [1.165, 1.54) is 44.9 Å². The average molecular weight is 779 g/mol. The highest BCUT2D eigenvalue weighted by Gasteiger charge is 2.19. The molecule has 0 radical (unpaired) electrons. The molecule has 0 N–H and O–H groups in total. The summed E-state index contributed by atoms with van der Waals surface area (Å²) in [6.45, 7) is 6.28. The van der Waals surface area contributed by atoms with Gasteiger partial charge in [0.1, 0.15) is 13.2 Å². The zero-order valence-corrected chi connectivity index (χ0v) is 36.1. The van der Waals surface area contributed by atoms with Gasteiger partial charge in [-0.1, -0.05) is 170 Å². The molecule has 0 aliphatic carbocycles. The van der Waals surface area contributed by atoms with Crippen molar-refractivity contribution in [2.75, 3.05) is 13.2 Å². The maximum atomic E-state index is 12.7. The number of allylic oxidation sites excluding steroid dienone is 14. The summed E-state index contributed by atoms with van der Waals surface area (Å²) in [6, 6.07) is 0. The molecule has 318 valence electrons. The average Bonchev–Trinajstić information content (AvgIpc) is 3.19. The van der Waals surface area contributed by atoms with E-state index >= 15 is 0 Å². The zero-order valence-electron chi connectivity index (χ0n) is 36.1. The molecule has 0 aliphatic rings. The number of hydrogen-bond acceptors (Lipinski definition) is 6. The number of carbonyl (C=O) groups is 3. The largest absolute Gasteiger partial charge is 0.462 e. The lowest BCUT2D eigenvalue weighted by Gasteiger charge is -2.18. The minimum Gasteiger partial charge on any atom is -0.462 e. The summed E-state index contributed by atoms with van der Waals surface area (Å²) in [6.07, 6.45) is 55.8. The normalized spacial score (nSPS) is 12.8. The van der Waals surface area contributed by atoms with E-state index in [-0.39, 0.29) is 31.1 Å². The predicted molar refractivity (Wildman–Crippen MR) is 237 cm³/mol. The Morgan fingerprint density at radius 3 is 1.34 bits per heavy atom. The molecule has 56 heavy (non-hydrogen) atoms. The van der Waals surface area contributed by atoms with Crippen LogP contribution in [0.15, 0.2) is 85.1 Å². The Labute approximate surface area is 344 Å². The molecule has 0 bridgehead atoms. The first-order valence-corrected chi connectivity index (χ1v) is 22.6. The van der Waals surface area contributed by atoms with Gasteiger partial charge in [-0.3, -0.25) is 14.4 Å².